The lowest BCUT2D eigenvalue weighted by Crippen LogP contribution is -2.26. The highest BCUT2D eigenvalue weighted by atomic mass is 16.2. The molecule has 1 heterocycles. The van der Waals surface area contributed by atoms with E-state index in [9.17, 15) is 4.79 Å². The first-order chi connectivity index (χ1) is 3.29. The highest BCUT2D eigenvalue weighted by molar-refractivity contribution is 5.77. The summed E-state index contributed by atoms with van der Waals surface area (Å²) in [5.74, 6) is 0.0648. The molecular weight excluding hydrogens is 92.1 g/mol. The van der Waals surface area contributed by atoms with Gasteiger partial charge in [-0.2, -0.15) is 0 Å². The van der Waals surface area contributed by atoms with Gasteiger partial charge in [0.15, 0.2) is 0 Å². The Hall–Kier alpha value is -0.570. The Bertz CT molecular complexity index is 91.7. The van der Waals surface area contributed by atoms with Gasteiger partial charge in [-0.05, 0) is 0 Å². The molecule has 1 rings (SSSR count). The highest BCUT2D eigenvalue weighted by Crippen LogP contribution is 1.92. The molecule has 1 fully saturated rings. The summed E-state index contributed by atoms with van der Waals surface area (Å²) in [5.41, 5.74) is 2.50. The van der Waals surface area contributed by atoms with Gasteiger partial charge in [0.2, 0.25) is 5.91 Å². The molecule has 7 heavy (non-hydrogen) atoms. The minimum Gasteiger partial charge on any atom is -0.289 e. The van der Waals surface area contributed by atoms with Crippen molar-refractivity contribution in [2.45, 2.75) is 6.42 Å². The van der Waals surface area contributed by atoms with E-state index < -0.39 is 0 Å². The van der Waals surface area contributed by atoms with Gasteiger partial charge in [-0.25, -0.2) is 5.01 Å². The number of rotatable bonds is 0. The fraction of sp³-hybridized carbons (Fsp3) is 0.500. The van der Waals surface area contributed by atoms with Gasteiger partial charge in [0.1, 0.15) is 0 Å². The van der Waals surface area contributed by atoms with Gasteiger partial charge in [0.25, 0.3) is 0 Å². The van der Waals surface area contributed by atoms with Crippen LogP contribution < -0.4 is 5.43 Å². The Kier molecular flexibility index (Phi) is 0.982. The third-order valence-corrected chi connectivity index (χ3v) is 0.892. The fourth-order valence-corrected chi connectivity index (χ4v) is 0.525. The van der Waals surface area contributed by atoms with Crippen LogP contribution in [0.2, 0.25) is 0 Å². The lowest BCUT2D eigenvalue weighted by Gasteiger charge is -2.02. The molecule has 0 spiro atoms. The zero-order chi connectivity index (χ0) is 5.28. The molecule has 1 amide bonds. The Balaban J connectivity index is 2.40. The molecule has 0 atom stereocenters. The van der Waals surface area contributed by atoms with Crippen LogP contribution in [-0.2, 0) is 4.79 Å². The van der Waals surface area contributed by atoms with Crippen LogP contribution in [-0.4, -0.2) is 17.5 Å². The van der Waals surface area contributed by atoms with E-state index in [-0.39, 0.29) is 5.91 Å². The van der Waals surface area contributed by atoms with E-state index in [1.807, 2.05) is 0 Å². The minimum absolute atomic E-state index is 0.0648. The van der Waals surface area contributed by atoms with Crippen LogP contribution in [0.25, 0.3) is 0 Å². The lowest BCUT2D eigenvalue weighted by atomic mass is 10.4. The lowest BCUT2D eigenvalue weighted by molar-refractivity contribution is -0.120. The predicted molar refractivity (Wildman–Crippen MR) is 24.8 cm³/mol. The van der Waals surface area contributed by atoms with Crippen molar-refractivity contribution in [2.75, 3.05) is 6.54 Å². The smallest absolute Gasteiger partial charge is 0.235 e. The number of hydrogen-bond donors (Lipinski definition) is 1. The maximum Gasteiger partial charge on any atom is 0.235 e. The Labute approximate surface area is 42.3 Å². The number of hydrogen-bond acceptors (Lipinski definition) is 2. The number of carbonyl (C=O) groups is 1. The number of carbonyl (C=O) groups excluding carboxylic acids is 1. The molecule has 3 heteroatoms. The molecule has 39 valence electrons. The summed E-state index contributed by atoms with van der Waals surface area (Å²) in [4.78, 5) is 10.3. The molecule has 0 aromatic heterocycles. The highest BCUT2D eigenvalue weighted by Gasteiger charge is 2.12. The predicted octanol–water partition coefficient (Wildman–Crippen LogP) is -0.485. The van der Waals surface area contributed by atoms with Crippen molar-refractivity contribution in [3.8, 4) is 0 Å². The molecule has 3 nitrogen and oxygen atoms in total. The summed E-state index contributed by atoms with van der Waals surface area (Å²) >= 11 is 0. The van der Waals surface area contributed by atoms with Crippen LogP contribution in [0.5, 0.6) is 0 Å². The second kappa shape index (κ2) is 1.50. The summed E-state index contributed by atoms with van der Waals surface area (Å²) in [6, 6.07) is 0. The maximum atomic E-state index is 10.3. The molecule has 0 aromatic rings. The molecular formula is C4H7N2O. The molecule has 0 aliphatic carbocycles. The van der Waals surface area contributed by atoms with Crippen molar-refractivity contribution in [1.82, 2.24) is 10.4 Å². The van der Waals surface area contributed by atoms with Crippen molar-refractivity contribution < 1.29 is 4.79 Å². The van der Waals surface area contributed by atoms with Gasteiger partial charge < -0.3 is 0 Å². The van der Waals surface area contributed by atoms with E-state index in [1.54, 1.807) is 0 Å². The first-order valence-corrected chi connectivity index (χ1v) is 2.16. The largest absolute Gasteiger partial charge is 0.289 e. The van der Waals surface area contributed by atoms with E-state index in [4.69, 9.17) is 0 Å². The molecule has 0 aromatic carbocycles. The van der Waals surface area contributed by atoms with E-state index in [0.29, 0.717) is 6.42 Å². The standard InChI is InChI=1S/C4H7N2O/c1-6-3-2-4(7)5-6/h1-3H2,(H,5,7). The zero-order valence-corrected chi connectivity index (χ0v) is 3.98. The molecule has 1 N–H and O–H groups in total. The Morgan fingerprint density at radius 3 is 2.71 bits per heavy atom. The summed E-state index contributed by atoms with van der Waals surface area (Å²) in [6.45, 7) is 0.735. The topological polar surface area (TPSA) is 32.3 Å². The Morgan fingerprint density at radius 1 is 1.86 bits per heavy atom. The molecule has 1 aliphatic heterocycles. The fourth-order valence-electron chi connectivity index (χ4n) is 0.525. The normalized spacial score (nSPS) is 22.7. The summed E-state index contributed by atoms with van der Waals surface area (Å²) in [6.07, 6.45) is 0.587. The van der Waals surface area contributed by atoms with Gasteiger partial charge in [-0.3, -0.25) is 10.2 Å². The van der Waals surface area contributed by atoms with E-state index in [2.05, 4.69) is 12.5 Å². The average Bonchev–Trinajstić information content (AvgIpc) is 1.87. The van der Waals surface area contributed by atoms with Crippen LogP contribution in [0.3, 0.4) is 0 Å². The SMILES string of the molecule is [CH2]N1CCC(=O)N1. The van der Waals surface area contributed by atoms with Crippen molar-refractivity contribution in [2.24, 2.45) is 0 Å². The first-order valence-electron chi connectivity index (χ1n) is 2.16. The number of nitrogens with zero attached hydrogens (tertiary/aromatic N) is 1. The number of amides is 1. The number of hydrazine groups is 1. The van der Waals surface area contributed by atoms with E-state index in [1.165, 1.54) is 5.01 Å². The van der Waals surface area contributed by atoms with E-state index in [0.717, 1.165) is 6.54 Å². The molecule has 1 saturated heterocycles. The number of nitrogens with one attached hydrogen (secondary N) is 1. The van der Waals surface area contributed by atoms with Crippen molar-refractivity contribution in [3.05, 3.63) is 7.05 Å². The third-order valence-electron chi connectivity index (χ3n) is 0.892. The first kappa shape index (κ1) is 4.59. The van der Waals surface area contributed by atoms with Crippen molar-refractivity contribution >= 4 is 5.91 Å². The quantitative estimate of drug-likeness (QED) is 0.444. The minimum atomic E-state index is 0.0648. The third kappa shape index (κ3) is 0.899. The monoisotopic (exact) mass is 99.1 g/mol. The van der Waals surface area contributed by atoms with Crippen LogP contribution in [0, 0.1) is 7.05 Å². The van der Waals surface area contributed by atoms with Crippen LogP contribution in [0.15, 0.2) is 0 Å². The van der Waals surface area contributed by atoms with Crippen molar-refractivity contribution in [3.63, 3.8) is 0 Å². The maximum absolute atomic E-state index is 10.3. The van der Waals surface area contributed by atoms with Crippen LogP contribution in [0.1, 0.15) is 6.42 Å². The molecule has 1 radical (unpaired) electrons. The molecule has 0 unspecified atom stereocenters. The molecule has 0 bridgehead atoms. The summed E-state index contributed by atoms with van der Waals surface area (Å²) < 4.78 is 0. The van der Waals surface area contributed by atoms with Gasteiger partial charge in [-0.15, -0.1) is 0 Å². The second-order valence-electron chi connectivity index (χ2n) is 1.55. The zero-order valence-electron chi connectivity index (χ0n) is 3.98. The van der Waals surface area contributed by atoms with Gasteiger partial charge >= 0.3 is 0 Å². The summed E-state index contributed by atoms with van der Waals surface area (Å²) in [5, 5.41) is 1.53. The van der Waals surface area contributed by atoms with Gasteiger partial charge in [0.05, 0.1) is 0 Å². The van der Waals surface area contributed by atoms with Gasteiger partial charge in [-0.1, -0.05) is 0 Å². The summed E-state index contributed by atoms with van der Waals surface area (Å²) in [7, 11) is 3.49. The van der Waals surface area contributed by atoms with Crippen LogP contribution >= 0.6 is 0 Å². The van der Waals surface area contributed by atoms with Crippen molar-refractivity contribution in [1.29, 1.82) is 0 Å². The van der Waals surface area contributed by atoms with E-state index >= 15 is 0 Å². The van der Waals surface area contributed by atoms with Crippen LogP contribution in [0.4, 0.5) is 0 Å². The molecule has 0 saturated carbocycles. The Morgan fingerprint density at radius 2 is 2.57 bits per heavy atom. The van der Waals surface area contributed by atoms with Gasteiger partial charge in [0, 0.05) is 20.0 Å². The second-order valence-corrected chi connectivity index (χ2v) is 1.55. The molecule has 1 aliphatic rings. The average molecular weight is 99.1 g/mol.